The van der Waals surface area contributed by atoms with Gasteiger partial charge in [0.2, 0.25) is 5.91 Å². The molecule has 1 atom stereocenters. The molecule has 98 valence electrons. The Hall–Kier alpha value is -1.36. The van der Waals surface area contributed by atoms with Crippen LogP contribution in [0.15, 0.2) is 18.2 Å². The zero-order valence-electron chi connectivity index (χ0n) is 10.4. The van der Waals surface area contributed by atoms with Crippen LogP contribution in [0.1, 0.15) is 16.8 Å². The summed E-state index contributed by atoms with van der Waals surface area (Å²) in [5.74, 6) is 3.45. The van der Waals surface area contributed by atoms with Crippen molar-refractivity contribution in [3.05, 3.63) is 23.8 Å². The molecule has 1 aliphatic heterocycles. The average molecular weight is 266 g/mol. The Kier molecular flexibility index (Phi) is 4.36. The number of carbonyl (C=O) groups is 1. The van der Waals surface area contributed by atoms with Gasteiger partial charge in [-0.05, 0) is 42.0 Å². The maximum absolute atomic E-state index is 11.2. The molecule has 1 saturated heterocycles. The summed E-state index contributed by atoms with van der Waals surface area (Å²) in [7, 11) is 1.62. The SMILES string of the molecule is COc1ccc(C(N)=O)cc1NCC1CCSC1. The molecule has 18 heavy (non-hydrogen) atoms. The first-order valence-electron chi connectivity index (χ1n) is 6.00. The van der Waals surface area contributed by atoms with E-state index in [0.717, 1.165) is 18.0 Å². The van der Waals surface area contributed by atoms with Gasteiger partial charge in [-0.25, -0.2) is 0 Å². The van der Waals surface area contributed by atoms with E-state index in [0.29, 0.717) is 11.5 Å². The molecule has 1 aromatic rings. The molecule has 0 spiro atoms. The van der Waals surface area contributed by atoms with Gasteiger partial charge in [0.15, 0.2) is 0 Å². The Morgan fingerprint density at radius 2 is 2.44 bits per heavy atom. The third-order valence-corrected chi connectivity index (χ3v) is 4.32. The number of thioether (sulfide) groups is 1. The van der Waals surface area contributed by atoms with Crippen molar-refractivity contribution in [2.75, 3.05) is 30.5 Å². The summed E-state index contributed by atoms with van der Waals surface area (Å²) >= 11 is 1.99. The maximum atomic E-state index is 11.2. The quantitative estimate of drug-likeness (QED) is 0.855. The largest absolute Gasteiger partial charge is 0.495 e. The molecule has 1 unspecified atom stereocenters. The molecular weight excluding hydrogens is 248 g/mol. The van der Waals surface area contributed by atoms with Gasteiger partial charge in [0.05, 0.1) is 12.8 Å². The van der Waals surface area contributed by atoms with Crippen molar-refractivity contribution in [3.8, 4) is 5.75 Å². The molecular formula is C13H18N2O2S. The zero-order chi connectivity index (χ0) is 13.0. The van der Waals surface area contributed by atoms with E-state index in [-0.39, 0.29) is 0 Å². The molecule has 1 heterocycles. The smallest absolute Gasteiger partial charge is 0.248 e. The Bertz CT molecular complexity index is 431. The highest BCUT2D eigenvalue weighted by atomic mass is 32.2. The van der Waals surface area contributed by atoms with E-state index >= 15 is 0 Å². The van der Waals surface area contributed by atoms with Crippen LogP contribution in [0, 0.1) is 5.92 Å². The van der Waals surface area contributed by atoms with E-state index < -0.39 is 5.91 Å². The predicted octanol–water partition coefficient (Wildman–Crippen LogP) is 1.96. The molecule has 1 aliphatic rings. The zero-order valence-corrected chi connectivity index (χ0v) is 11.3. The van der Waals surface area contributed by atoms with Crippen LogP contribution in [-0.2, 0) is 0 Å². The van der Waals surface area contributed by atoms with Crippen molar-refractivity contribution in [2.24, 2.45) is 11.7 Å². The third-order valence-electron chi connectivity index (χ3n) is 3.09. The van der Waals surface area contributed by atoms with Crippen LogP contribution in [0.5, 0.6) is 5.75 Å². The van der Waals surface area contributed by atoms with Crippen LogP contribution < -0.4 is 15.8 Å². The number of benzene rings is 1. The van der Waals surface area contributed by atoms with E-state index in [9.17, 15) is 4.79 Å². The number of anilines is 1. The summed E-state index contributed by atoms with van der Waals surface area (Å²) in [6.07, 6.45) is 1.25. The number of nitrogens with one attached hydrogen (secondary N) is 1. The van der Waals surface area contributed by atoms with Crippen LogP contribution in [-0.4, -0.2) is 31.1 Å². The number of nitrogens with two attached hydrogens (primary N) is 1. The molecule has 2 rings (SSSR count). The third kappa shape index (κ3) is 3.10. The number of methoxy groups -OCH3 is 1. The Morgan fingerprint density at radius 3 is 3.06 bits per heavy atom. The molecule has 1 fully saturated rings. The fraction of sp³-hybridized carbons (Fsp3) is 0.462. The van der Waals surface area contributed by atoms with E-state index in [1.165, 1.54) is 17.9 Å². The minimum Gasteiger partial charge on any atom is -0.495 e. The molecule has 0 aromatic heterocycles. The highest BCUT2D eigenvalue weighted by Crippen LogP contribution is 2.28. The average Bonchev–Trinajstić information content (AvgIpc) is 2.89. The van der Waals surface area contributed by atoms with E-state index in [1.807, 2.05) is 11.8 Å². The van der Waals surface area contributed by atoms with E-state index in [2.05, 4.69) is 5.32 Å². The predicted molar refractivity (Wildman–Crippen MR) is 75.4 cm³/mol. The maximum Gasteiger partial charge on any atom is 0.248 e. The molecule has 5 heteroatoms. The number of rotatable bonds is 5. The first-order chi connectivity index (χ1) is 8.70. The highest BCUT2D eigenvalue weighted by molar-refractivity contribution is 7.99. The summed E-state index contributed by atoms with van der Waals surface area (Å²) < 4.78 is 5.28. The summed E-state index contributed by atoms with van der Waals surface area (Å²) in [6.45, 7) is 0.908. The van der Waals surface area contributed by atoms with Crippen molar-refractivity contribution in [2.45, 2.75) is 6.42 Å². The second kappa shape index (κ2) is 6.00. The number of hydrogen-bond donors (Lipinski definition) is 2. The van der Waals surface area contributed by atoms with Crippen molar-refractivity contribution >= 4 is 23.4 Å². The standard InChI is InChI=1S/C13H18N2O2S/c1-17-12-3-2-10(13(14)16)6-11(12)15-7-9-4-5-18-8-9/h2-3,6,9,15H,4-5,7-8H2,1H3,(H2,14,16). The molecule has 0 saturated carbocycles. The van der Waals surface area contributed by atoms with E-state index in [1.54, 1.807) is 25.3 Å². The van der Waals surface area contributed by atoms with Crippen LogP contribution in [0.2, 0.25) is 0 Å². The van der Waals surface area contributed by atoms with Gasteiger partial charge < -0.3 is 15.8 Å². The van der Waals surface area contributed by atoms with Crippen LogP contribution in [0.3, 0.4) is 0 Å². The minimum atomic E-state index is -0.419. The van der Waals surface area contributed by atoms with Gasteiger partial charge in [0.1, 0.15) is 5.75 Å². The lowest BCUT2D eigenvalue weighted by atomic mass is 10.1. The number of hydrogen-bond acceptors (Lipinski definition) is 4. The van der Waals surface area contributed by atoms with Crippen molar-refractivity contribution in [1.29, 1.82) is 0 Å². The molecule has 4 nitrogen and oxygen atoms in total. The van der Waals surface area contributed by atoms with Gasteiger partial charge in [-0.2, -0.15) is 11.8 Å². The number of ether oxygens (including phenoxy) is 1. The molecule has 1 amide bonds. The lowest BCUT2D eigenvalue weighted by molar-refractivity contribution is 0.100. The van der Waals surface area contributed by atoms with Gasteiger partial charge in [0.25, 0.3) is 0 Å². The van der Waals surface area contributed by atoms with Gasteiger partial charge in [-0.15, -0.1) is 0 Å². The normalized spacial score (nSPS) is 18.6. The first kappa shape index (κ1) is 13.1. The molecule has 0 radical (unpaired) electrons. The molecule has 1 aromatic carbocycles. The molecule has 3 N–H and O–H groups in total. The molecule has 0 bridgehead atoms. The van der Waals surface area contributed by atoms with Crippen LogP contribution >= 0.6 is 11.8 Å². The van der Waals surface area contributed by atoms with Gasteiger partial charge in [-0.1, -0.05) is 0 Å². The van der Waals surface area contributed by atoms with Crippen molar-refractivity contribution in [1.82, 2.24) is 0 Å². The van der Waals surface area contributed by atoms with Crippen molar-refractivity contribution < 1.29 is 9.53 Å². The second-order valence-corrected chi connectivity index (χ2v) is 5.54. The Balaban J connectivity index is 2.08. The summed E-state index contributed by atoms with van der Waals surface area (Å²) in [5, 5.41) is 3.36. The Morgan fingerprint density at radius 1 is 1.61 bits per heavy atom. The van der Waals surface area contributed by atoms with E-state index in [4.69, 9.17) is 10.5 Å². The Labute approximate surface area is 111 Å². The fourth-order valence-corrected chi connectivity index (χ4v) is 3.28. The lowest BCUT2D eigenvalue weighted by Crippen LogP contribution is -2.15. The van der Waals surface area contributed by atoms with Crippen LogP contribution in [0.4, 0.5) is 5.69 Å². The van der Waals surface area contributed by atoms with Crippen LogP contribution in [0.25, 0.3) is 0 Å². The first-order valence-corrected chi connectivity index (χ1v) is 7.15. The van der Waals surface area contributed by atoms with Crippen molar-refractivity contribution in [3.63, 3.8) is 0 Å². The summed E-state index contributed by atoms with van der Waals surface area (Å²) in [6, 6.07) is 5.20. The topological polar surface area (TPSA) is 64.3 Å². The fourth-order valence-electron chi connectivity index (χ4n) is 2.00. The number of primary amides is 1. The minimum absolute atomic E-state index is 0.419. The monoisotopic (exact) mass is 266 g/mol. The second-order valence-electron chi connectivity index (χ2n) is 4.39. The molecule has 0 aliphatic carbocycles. The summed E-state index contributed by atoms with van der Waals surface area (Å²) in [4.78, 5) is 11.2. The highest BCUT2D eigenvalue weighted by Gasteiger charge is 2.16. The van der Waals surface area contributed by atoms with Gasteiger partial charge in [-0.3, -0.25) is 4.79 Å². The van der Waals surface area contributed by atoms with Gasteiger partial charge in [0, 0.05) is 12.1 Å². The number of carbonyl (C=O) groups excluding carboxylic acids is 1. The lowest BCUT2D eigenvalue weighted by Gasteiger charge is -2.15. The summed E-state index contributed by atoms with van der Waals surface area (Å²) in [5.41, 5.74) is 6.62. The van der Waals surface area contributed by atoms with Gasteiger partial charge >= 0.3 is 0 Å². The number of amides is 1.